The third-order valence-corrected chi connectivity index (χ3v) is 5.18. The molecule has 0 aliphatic carbocycles. The first kappa shape index (κ1) is 16.3. The summed E-state index contributed by atoms with van der Waals surface area (Å²) >= 11 is 8.53. The Kier molecular flexibility index (Phi) is 5.21. The van der Waals surface area contributed by atoms with Gasteiger partial charge in [0.05, 0.1) is 6.21 Å². The van der Waals surface area contributed by atoms with Crippen molar-refractivity contribution in [2.75, 3.05) is 12.8 Å². The van der Waals surface area contributed by atoms with E-state index in [9.17, 15) is 0 Å². The summed E-state index contributed by atoms with van der Waals surface area (Å²) < 4.78 is 0.515. The summed E-state index contributed by atoms with van der Waals surface area (Å²) in [6.45, 7) is 1.56. The molecular formula is C19H20ClN2S+. The van der Waals surface area contributed by atoms with Crippen molar-refractivity contribution in [2.45, 2.75) is 16.8 Å². The zero-order valence-electron chi connectivity index (χ0n) is 13.1. The standard InChI is InChI=1S/C19H20ClN2S/c1-23-19-11-6-5-10-17(19)18(20)15-22(13-7-12-21-22)14-16-8-3-2-4-9-16/h2-13,18H,14-15H2,1H3/q+1. The molecule has 118 valence electrons. The van der Waals surface area contributed by atoms with E-state index in [0.29, 0.717) is 4.59 Å². The van der Waals surface area contributed by atoms with Crippen LogP contribution in [0.2, 0.25) is 0 Å². The minimum atomic E-state index is -0.0812. The SMILES string of the molecule is CSc1ccccc1C(Cl)C[N+]1(Cc2ccccc2)C=CC=N1. The van der Waals surface area contributed by atoms with Crippen LogP contribution in [0.5, 0.6) is 0 Å². The van der Waals surface area contributed by atoms with E-state index in [4.69, 9.17) is 16.7 Å². The van der Waals surface area contributed by atoms with Gasteiger partial charge < -0.3 is 0 Å². The maximum atomic E-state index is 6.79. The molecule has 0 N–H and O–H groups in total. The lowest BCUT2D eigenvalue weighted by Gasteiger charge is -2.28. The number of benzene rings is 2. The molecule has 2 unspecified atom stereocenters. The Morgan fingerprint density at radius 2 is 1.83 bits per heavy atom. The van der Waals surface area contributed by atoms with Gasteiger partial charge in [0.25, 0.3) is 0 Å². The van der Waals surface area contributed by atoms with Crippen molar-refractivity contribution in [3.8, 4) is 0 Å². The largest absolute Gasteiger partial charge is 0.166 e. The van der Waals surface area contributed by atoms with Gasteiger partial charge in [-0.1, -0.05) is 53.6 Å². The maximum Gasteiger partial charge on any atom is 0.133 e. The van der Waals surface area contributed by atoms with Gasteiger partial charge in [0.1, 0.15) is 24.7 Å². The van der Waals surface area contributed by atoms with Crippen LogP contribution in [0.3, 0.4) is 0 Å². The summed E-state index contributed by atoms with van der Waals surface area (Å²) in [5.74, 6) is 0. The Labute approximate surface area is 147 Å². The van der Waals surface area contributed by atoms with Crippen LogP contribution in [0, 0.1) is 0 Å². The van der Waals surface area contributed by atoms with E-state index in [0.717, 1.165) is 13.1 Å². The predicted molar refractivity (Wildman–Crippen MR) is 99.7 cm³/mol. The number of thioether (sulfide) groups is 1. The molecule has 0 amide bonds. The van der Waals surface area contributed by atoms with Crippen molar-refractivity contribution in [3.63, 3.8) is 0 Å². The topological polar surface area (TPSA) is 12.4 Å². The van der Waals surface area contributed by atoms with E-state index in [1.807, 2.05) is 18.4 Å². The fraction of sp³-hybridized carbons (Fsp3) is 0.211. The molecule has 2 aromatic carbocycles. The van der Waals surface area contributed by atoms with Gasteiger partial charge in [0, 0.05) is 16.5 Å². The molecule has 3 rings (SSSR count). The fourth-order valence-corrected chi connectivity index (χ4v) is 4.03. The second-order valence-corrected chi connectivity index (χ2v) is 7.00. The number of halogens is 1. The fourth-order valence-electron chi connectivity index (χ4n) is 2.88. The molecule has 1 aliphatic heterocycles. The summed E-state index contributed by atoms with van der Waals surface area (Å²) in [7, 11) is 0. The minimum absolute atomic E-state index is 0.0812. The van der Waals surface area contributed by atoms with Gasteiger partial charge in [0.15, 0.2) is 0 Å². The molecule has 0 fully saturated rings. The van der Waals surface area contributed by atoms with Crippen LogP contribution in [0.25, 0.3) is 0 Å². The highest BCUT2D eigenvalue weighted by molar-refractivity contribution is 7.98. The van der Waals surface area contributed by atoms with Crippen molar-refractivity contribution in [1.29, 1.82) is 0 Å². The van der Waals surface area contributed by atoms with Crippen LogP contribution in [-0.2, 0) is 6.54 Å². The van der Waals surface area contributed by atoms with Gasteiger partial charge in [-0.15, -0.1) is 23.4 Å². The molecule has 0 radical (unpaired) electrons. The molecular weight excluding hydrogens is 324 g/mol. The lowest BCUT2D eigenvalue weighted by atomic mass is 10.1. The second kappa shape index (κ2) is 7.35. The van der Waals surface area contributed by atoms with Crippen molar-refractivity contribution in [2.24, 2.45) is 5.10 Å². The summed E-state index contributed by atoms with van der Waals surface area (Å²) in [6, 6.07) is 18.8. The third kappa shape index (κ3) is 3.86. The molecule has 1 heterocycles. The Balaban J connectivity index is 1.83. The first-order valence-corrected chi connectivity index (χ1v) is 9.30. The Bertz CT molecular complexity index is 700. The predicted octanol–water partition coefficient (Wildman–Crippen LogP) is 5.22. The van der Waals surface area contributed by atoms with Gasteiger partial charge in [-0.3, -0.25) is 0 Å². The van der Waals surface area contributed by atoms with Crippen molar-refractivity contribution in [1.82, 2.24) is 0 Å². The van der Waals surface area contributed by atoms with E-state index in [-0.39, 0.29) is 5.38 Å². The summed E-state index contributed by atoms with van der Waals surface area (Å²) in [5, 5.41) is 4.61. The normalized spacial score (nSPS) is 20.8. The van der Waals surface area contributed by atoms with Crippen LogP contribution < -0.4 is 0 Å². The summed E-state index contributed by atoms with van der Waals surface area (Å²) in [5.41, 5.74) is 2.45. The van der Waals surface area contributed by atoms with Gasteiger partial charge in [-0.25, -0.2) is 0 Å². The summed E-state index contributed by atoms with van der Waals surface area (Å²) in [6.07, 6.45) is 8.09. The van der Waals surface area contributed by atoms with E-state index in [1.54, 1.807) is 11.8 Å². The number of quaternary nitrogens is 1. The van der Waals surface area contributed by atoms with E-state index in [2.05, 4.69) is 61.0 Å². The Hall–Kier alpha value is -1.55. The molecule has 0 saturated heterocycles. The third-order valence-electron chi connectivity index (χ3n) is 4.00. The van der Waals surface area contributed by atoms with Crippen LogP contribution >= 0.6 is 23.4 Å². The molecule has 2 nitrogen and oxygen atoms in total. The number of hydrogen-bond acceptors (Lipinski definition) is 2. The van der Waals surface area contributed by atoms with Crippen molar-refractivity contribution < 1.29 is 4.59 Å². The number of alkyl halides is 1. The molecule has 1 aliphatic rings. The average Bonchev–Trinajstić information content (AvgIpc) is 3.03. The Morgan fingerprint density at radius 3 is 2.52 bits per heavy atom. The molecule has 0 bridgehead atoms. The lowest BCUT2D eigenvalue weighted by molar-refractivity contribution is -0.897. The van der Waals surface area contributed by atoms with Gasteiger partial charge in [-0.2, -0.15) is 4.59 Å². The average molecular weight is 344 g/mol. The molecule has 0 aromatic heterocycles. The number of rotatable bonds is 6. The van der Waals surface area contributed by atoms with Crippen LogP contribution in [-0.4, -0.2) is 23.6 Å². The van der Waals surface area contributed by atoms with Crippen LogP contribution in [0.4, 0.5) is 0 Å². The molecule has 23 heavy (non-hydrogen) atoms. The van der Waals surface area contributed by atoms with Gasteiger partial charge in [0.2, 0.25) is 0 Å². The van der Waals surface area contributed by atoms with E-state index in [1.165, 1.54) is 16.0 Å². The van der Waals surface area contributed by atoms with Crippen LogP contribution in [0.1, 0.15) is 16.5 Å². The zero-order valence-corrected chi connectivity index (χ0v) is 14.7. The zero-order chi connectivity index (χ0) is 16.1. The first-order valence-electron chi connectivity index (χ1n) is 7.63. The smallest absolute Gasteiger partial charge is 0.133 e. The van der Waals surface area contributed by atoms with E-state index < -0.39 is 0 Å². The maximum absolute atomic E-state index is 6.79. The van der Waals surface area contributed by atoms with Crippen LogP contribution in [0.15, 0.2) is 76.9 Å². The number of nitrogens with zero attached hydrogens (tertiary/aromatic N) is 2. The minimum Gasteiger partial charge on any atom is -0.166 e. The van der Waals surface area contributed by atoms with Gasteiger partial charge in [-0.05, 0) is 17.9 Å². The van der Waals surface area contributed by atoms with Crippen molar-refractivity contribution >= 4 is 29.6 Å². The molecule has 0 spiro atoms. The molecule has 4 heteroatoms. The Morgan fingerprint density at radius 1 is 1.09 bits per heavy atom. The van der Waals surface area contributed by atoms with Crippen molar-refractivity contribution in [3.05, 3.63) is 78.0 Å². The summed E-state index contributed by atoms with van der Waals surface area (Å²) in [4.78, 5) is 1.23. The molecule has 2 atom stereocenters. The highest BCUT2D eigenvalue weighted by atomic mass is 35.5. The number of allylic oxidation sites excluding steroid dienone is 1. The monoisotopic (exact) mass is 343 g/mol. The van der Waals surface area contributed by atoms with Gasteiger partial charge >= 0.3 is 0 Å². The lowest BCUT2D eigenvalue weighted by Crippen LogP contribution is -2.37. The highest BCUT2D eigenvalue weighted by Crippen LogP contribution is 2.34. The molecule has 2 aromatic rings. The second-order valence-electron chi connectivity index (χ2n) is 5.63. The number of hydrogen-bond donors (Lipinski definition) is 0. The highest BCUT2D eigenvalue weighted by Gasteiger charge is 2.32. The first-order chi connectivity index (χ1) is 11.2. The quantitative estimate of drug-likeness (QED) is 0.398. The molecule has 0 saturated carbocycles. The van der Waals surface area contributed by atoms with E-state index >= 15 is 0 Å².